The van der Waals surface area contributed by atoms with Crippen molar-refractivity contribution in [2.75, 3.05) is 4.90 Å². The Bertz CT molecular complexity index is 838. The van der Waals surface area contributed by atoms with Crippen molar-refractivity contribution in [3.8, 4) is 11.8 Å². The number of rotatable bonds is 4. The molecule has 2 amide bonds. The summed E-state index contributed by atoms with van der Waals surface area (Å²) in [6.07, 6.45) is 1.60. The molecule has 0 aliphatic heterocycles. The summed E-state index contributed by atoms with van der Waals surface area (Å²) in [6.45, 7) is 7.28. The molecule has 0 fully saturated rings. The second-order valence-corrected chi connectivity index (χ2v) is 6.91. The molecule has 0 aliphatic rings. The number of aryl methyl sites for hydroxylation is 1. The third-order valence-corrected chi connectivity index (χ3v) is 3.63. The van der Waals surface area contributed by atoms with Crippen LogP contribution in [-0.2, 0) is 16.6 Å². The number of nitrogens with zero attached hydrogens (tertiary/aromatic N) is 3. The lowest BCUT2D eigenvalue weighted by molar-refractivity contribution is -0.126. The Morgan fingerprint density at radius 1 is 1.19 bits per heavy atom. The highest BCUT2D eigenvalue weighted by Gasteiger charge is 2.35. The van der Waals surface area contributed by atoms with Crippen LogP contribution in [0.25, 0.3) is 0 Å². The minimum absolute atomic E-state index is 0.295. The number of benzene rings is 1. The molecule has 0 aliphatic carbocycles. The van der Waals surface area contributed by atoms with Crippen LogP contribution in [0.4, 0.5) is 5.69 Å². The Morgan fingerprint density at radius 2 is 1.85 bits per heavy atom. The average molecular weight is 352 g/mol. The number of aromatic nitrogens is 2. The summed E-state index contributed by atoms with van der Waals surface area (Å²) in [5.74, 6) is 4.43. The van der Waals surface area contributed by atoms with Crippen LogP contribution in [-0.4, -0.2) is 27.1 Å². The molecule has 1 aromatic carbocycles. The van der Waals surface area contributed by atoms with E-state index in [1.54, 1.807) is 43.0 Å². The van der Waals surface area contributed by atoms with Gasteiger partial charge in [0.25, 0.3) is 0 Å². The first-order chi connectivity index (χ1) is 12.2. The van der Waals surface area contributed by atoms with Crippen molar-refractivity contribution in [1.82, 2.24) is 15.1 Å². The summed E-state index contributed by atoms with van der Waals surface area (Å²) in [7, 11) is 1.74. The van der Waals surface area contributed by atoms with Crippen molar-refractivity contribution in [2.45, 2.75) is 39.3 Å². The molecule has 2 aromatic rings. The zero-order chi connectivity index (χ0) is 19.3. The molecule has 1 N–H and O–H groups in total. The van der Waals surface area contributed by atoms with Crippen molar-refractivity contribution in [2.24, 2.45) is 7.05 Å². The predicted molar refractivity (Wildman–Crippen MR) is 101 cm³/mol. The molecule has 26 heavy (non-hydrogen) atoms. The molecule has 1 aromatic heterocycles. The number of nitrogens with one attached hydrogen (secondary N) is 1. The van der Waals surface area contributed by atoms with Crippen molar-refractivity contribution in [3.63, 3.8) is 0 Å². The number of carbonyl (C=O) groups excluding carboxylic acids is 2. The predicted octanol–water partition coefficient (Wildman–Crippen LogP) is 2.43. The van der Waals surface area contributed by atoms with Gasteiger partial charge in [0.1, 0.15) is 0 Å². The Hall–Kier alpha value is -3.07. The Labute approximate surface area is 154 Å². The summed E-state index contributed by atoms with van der Waals surface area (Å²) in [5.41, 5.74) is 0.743. The lowest BCUT2D eigenvalue weighted by Crippen LogP contribution is -2.49. The van der Waals surface area contributed by atoms with Gasteiger partial charge in [-0.3, -0.25) is 19.2 Å². The van der Waals surface area contributed by atoms with E-state index in [9.17, 15) is 9.59 Å². The lowest BCUT2D eigenvalue weighted by Gasteiger charge is -2.32. The first-order valence-electron chi connectivity index (χ1n) is 8.35. The van der Waals surface area contributed by atoms with Gasteiger partial charge >= 0.3 is 5.91 Å². The van der Waals surface area contributed by atoms with Gasteiger partial charge in [-0.15, -0.1) is 0 Å². The van der Waals surface area contributed by atoms with Crippen molar-refractivity contribution in [3.05, 3.63) is 48.3 Å². The van der Waals surface area contributed by atoms with Crippen molar-refractivity contribution in [1.29, 1.82) is 0 Å². The van der Waals surface area contributed by atoms with Crippen LogP contribution in [0.15, 0.2) is 42.6 Å². The van der Waals surface area contributed by atoms with Crippen LogP contribution in [0.3, 0.4) is 0 Å². The standard InChI is InChI=1S/C20H24N4O2/c1-6-10-17(25)24(15-11-8-7-9-12-15)18(16-13-14-21-23(16)5)19(26)22-20(2,3)4/h7-9,11-14,18H,1-5H3,(H,22,26). The molecule has 0 radical (unpaired) electrons. The van der Waals surface area contributed by atoms with Gasteiger partial charge in [0.05, 0.1) is 5.69 Å². The van der Waals surface area contributed by atoms with Crippen LogP contribution in [0.1, 0.15) is 39.4 Å². The average Bonchev–Trinajstić information content (AvgIpc) is 2.97. The van der Waals surface area contributed by atoms with Gasteiger partial charge in [-0.25, -0.2) is 0 Å². The van der Waals surface area contributed by atoms with E-state index in [4.69, 9.17) is 0 Å². The van der Waals surface area contributed by atoms with Gasteiger partial charge in [-0.1, -0.05) is 24.1 Å². The smallest absolute Gasteiger partial charge is 0.303 e. The maximum Gasteiger partial charge on any atom is 0.303 e. The molecule has 136 valence electrons. The maximum atomic E-state index is 13.1. The minimum Gasteiger partial charge on any atom is -0.349 e. The maximum absolute atomic E-state index is 13.1. The number of amides is 2. The minimum atomic E-state index is -0.891. The fraction of sp³-hybridized carbons (Fsp3) is 0.350. The summed E-state index contributed by atoms with van der Waals surface area (Å²) in [5, 5.41) is 7.12. The molecule has 0 bridgehead atoms. The third kappa shape index (κ3) is 4.51. The zero-order valence-electron chi connectivity index (χ0n) is 15.8. The first-order valence-corrected chi connectivity index (χ1v) is 8.35. The van der Waals surface area contributed by atoms with Crippen LogP contribution in [0.5, 0.6) is 0 Å². The van der Waals surface area contributed by atoms with Gasteiger partial charge < -0.3 is 5.32 Å². The molecule has 6 heteroatoms. The first kappa shape index (κ1) is 19.3. The molecule has 0 saturated carbocycles. The van der Waals surface area contributed by atoms with E-state index in [2.05, 4.69) is 22.3 Å². The van der Waals surface area contributed by atoms with Gasteiger partial charge in [-0.2, -0.15) is 5.10 Å². The Balaban J connectivity index is 2.61. The quantitative estimate of drug-likeness (QED) is 0.860. The molecule has 1 atom stereocenters. The summed E-state index contributed by atoms with van der Waals surface area (Å²) in [4.78, 5) is 27.4. The number of anilines is 1. The van der Waals surface area contributed by atoms with E-state index in [0.29, 0.717) is 11.4 Å². The van der Waals surface area contributed by atoms with E-state index in [1.165, 1.54) is 4.90 Å². The SMILES string of the molecule is CC#CC(=O)N(c1ccccc1)C(C(=O)NC(C)(C)C)c1ccnn1C. The largest absolute Gasteiger partial charge is 0.349 e. The molecular formula is C20H24N4O2. The van der Waals surface area contributed by atoms with E-state index in [0.717, 1.165) is 0 Å². The fourth-order valence-electron chi connectivity index (χ4n) is 2.61. The number of hydrogen-bond donors (Lipinski definition) is 1. The lowest BCUT2D eigenvalue weighted by atomic mass is 10.0. The van der Waals surface area contributed by atoms with E-state index in [-0.39, 0.29) is 5.91 Å². The topological polar surface area (TPSA) is 67.2 Å². The van der Waals surface area contributed by atoms with Gasteiger partial charge in [0, 0.05) is 24.5 Å². The fourth-order valence-corrected chi connectivity index (χ4v) is 2.61. The van der Waals surface area contributed by atoms with E-state index < -0.39 is 17.5 Å². The zero-order valence-corrected chi connectivity index (χ0v) is 15.8. The van der Waals surface area contributed by atoms with Gasteiger partial charge in [0.2, 0.25) is 5.91 Å². The van der Waals surface area contributed by atoms with Gasteiger partial charge in [-0.05, 0) is 51.8 Å². The molecule has 1 heterocycles. The molecule has 0 spiro atoms. The summed E-state index contributed by atoms with van der Waals surface area (Å²) >= 11 is 0. The third-order valence-electron chi connectivity index (χ3n) is 3.63. The number of para-hydroxylation sites is 1. The molecule has 2 rings (SSSR count). The Kier molecular flexibility index (Phi) is 5.83. The van der Waals surface area contributed by atoms with Gasteiger partial charge in [0.15, 0.2) is 6.04 Å². The number of carbonyl (C=O) groups is 2. The highest BCUT2D eigenvalue weighted by molar-refractivity contribution is 6.09. The second-order valence-electron chi connectivity index (χ2n) is 6.91. The molecular weight excluding hydrogens is 328 g/mol. The second kappa shape index (κ2) is 7.87. The van der Waals surface area contributed by atoms with Crippen LogP contribution < -0.4 is 10.2 Å². The molecule has 0 saturated heterocycles. The normalized spacial score (nSPS) is 11.9. The Morgan fingerprint density at radius 3 is 2.35 bits per heavy atom. The van der Waals surface area contributed by atoms with E-state index >= 15 is 0 Å². The highest BCUT2D eigenvalue weighted by atomic mass is 16.2. The van der Waals surface area contributed by atoms with E-state index in [1.807, 2.05) is 39.0 Å². The van der Waals surface area contributed by atoms with Crippen LogP contribution >= 0.6 is 0 Å². The monoisotopic (exact) mass is 352 g/mol. The van der Waals surface area contributed by atoms with Crippen molar-refractivity contribution < 1.29 is 9.59 Å². The summed E-state index contributed by atoms with van der Waals surface area (Å²) < 4.78 is 1.59. The summed E-state index contributed by atoms with van der Waals surface area (Å²) in [6, 6.07) is 9.89. The molecule has 6 nitrogen and oxygen atoms in total. The van der Waals surface area contributed by atoms with Crippen LogP contribution in [0, 0.1) is 11.8 Å². The highest BCUT2D eigenvalue weighted by Crippen LogP contribution is 2.28. The van der Waals surface area contributed by atoms with Crippen molar-refractivity contribution >= 4 is 17.5 Å². The molecule has 1 unspecified atom stereocenters. The number of hydrogen-bond acceptors (Lipinski definition) is 3. The van der Waals surface area contributed by atoms with Crippen LogP contribution in [0.2, 0.25) is 0 Å².